The van der Waals surface area contributed by atoms with Gasteiger partial charge in [0, 0.05) is 42.5 Å². The summed E-state index contributed by atoms with van der Waals surface area (Å²) in [4.78, 5) is 21.2. The Labute approximate surface area is 215 Å². The van der Waals surface area contributed by atoms with Crippen LogP contribution in [0.25, 0.3) is 16.9 Å². The molecule has 5 nitrogen and oxygen atoms in total. The lowest BCUT2D eigenvalue weighted by Gasteiger charge is -2.30. The Morgan fingerprint density at radius 2 is 1.61 bits per heavy atom. The maximum absolute atomic E-state index is 14.2. The summed E-state index contributed by atoms with van der Waals surface area (Å²) in [6, 6.07) is 30.2. The molecule has 0 N–H and O–H groups in total. The number of carbonyl (C=O) groups excluding carboxylic acids is 1. The minimum Gasteiger partial charge on any atom is -0.378 e. The van der Waals surface area contributed by atoms with Gasteiger partial charge < -0.3 is 4.90 Å². The number of carbonyl (C=O) groups is 1. The van der Waals surface area contributed by atoms with Crippen molar-refractivity contribution in [2.75, 3.05) is 23.7 Å². The number of hydrogen-bond donors (Lipinski definition) is 0. The largest absolute Gasteiger partial charge is 0.378 e. The zero-order valence-corrected chi connectivity index (χ0v) is 22.0. The van der Waals surface area contributed by atoms with Crippen LogP contribution in [0.2, 0.25) is 0 Å². The minimum atomic E-state index is -2.87. The SMILES string of the molecule is Cc1ccc(N2C(=O)c3cc(N(C)C)ccc3P2(=S)c2c(-c3ccccc3)nc3ccccn23)cc1. The van der Waals surface area contributed by atoms with Crippen molar-refractivity contribution in [1.29, 1.82) is 0 Å². The molecule has 1 unspecified atom stereocenters. The Morgan fingerprint density at radius 3 is 2.33 bits per heavy atom. The van der Waals surface area contributed by atoms with Gasteiger partial charge in [-0.3, -0.25) is 13.9 Å². The third-order valence-corrected chi connectivity index (χ3v) is 11.3. The number of imidazole rings is 1. The van der Waals surface area contributed by atoms with E-state index in [-0.39, 0.29) is 5.91 Å². The molecule has 1 atom stereocenters. The Bertz CT molecular complexity index is 1680. The van der Waals surface area contributed by atoms with Crippen molar-refractivity contribution in [3.63, 3.8) is 0 Å². The zero-order valence-electron chi connectivity index (χ0n) is 20.3. The highest BCUT2D eigenvalue weighted by Crippen LogP contribution is 2.57. The van der Waals surface area contributed by atoms with E-state index < -0.39 is 6.19 Å². The molecule has 1 aliphatic heterocycles. The fourth-order valence-electron chi connectivity index (χ4n) is 4.82. The van der Waals surface area contributed by atoms with Crippen molar-refractivity contribution >= 4 is 51.7 Å². The minimum absolute atomic E-state index is 0.0641. The molecule has 3 aromatic carbocycles. The van der Waals surface area contributed by atoms with E-state index in [1.807, 2.05) is 104 Å². The first kappa shape index (κ1) is 22.7. The lowest BCUT2D eigenvalue weighted by Crippen LogP contribution is -2.31. The highest BCUT2D eigenvalue weighted by Gasteiger charge is 2.47. The Morgan fingerprint density at radius 1 is 0.889 bits per heavy atom. The summed E-state index contributed by atoms with van der Waals surface area (Å²) in [5.41, 5.74) is 7.07. The molecule has 0 aliphatic carbocycles. The summed E-state index contributed by atoms with van der Waals surface area (Å²) in [7, 11) is 3.96. The van der Waals surface area contributed by atoms with Crippen LogP contribution in [0.3, 0.4) is 0 Å². The van der Waals surface area contributed by atoms with Crippen LogP contribution in [0.15, 0.2) is 97.2 Å². The molecule has 5 aromatic rings. The van der Waals surface area contributed by atoms with Gasteiger partial charge in [0.05, 0.1) is 5.56 Å². The number of fused-ring (bicyclic) bond motifs is 2. The van der Waals surface area contributed by atoms with Gasteiger partial charge in [0.2, 0.25) is 0 Å². The molecule has 0 saturated carbocycles. The highest BCUT2D eigenvalue weighted by molar-refractivity contribution is 8.23. The lowest BCUT2D eigenvalue weighted by atomic mass is 10.1. The van der Waals surface area contributed by atoms with Gasteiger partial charge in [-0.1, -0.05) is 65.9 Å². The van der Waals surface area contributed by atoms with Gasteiger partial charge in [-0.25, -0.2) is 4.98 Å². The predicted molar refractivity (Wildman–Crippen MR) is 153 cm³/mol. The molecule has 36 heavy (non-hydrogen) atoms. The second-order valence-corrected chi connectivity index (χ2v) is 13.2. The standard InChI is InChI=1S/C29H25N4OPS/c1-20-12-14-22(15-13-20)33-28(34)24-19-23(31(2)3)16-17-25(24)35(33,36)29-27(21-9-5-4-6-10-21)30-26-11-7-8-18-32(26)29/h4-19H,1-3H3. The molecular formula is C29H25N4OPS. The number of aryl methyl sites for hydroxylation is 1. The summed E-state index contributed by atoms with van der Waals surface area (Å²) in [6.07, 6.45) is -0.865. The zero-order chi connectivity index (χ0) is 25.0. The number of rotatable bonds is 4. The molecule has 0 spiro atoms. The van der Waals surface area contributed by atoms with Crippen molar-refractivity contribution in [1.82, 2.24) is 9.38 Å². The first-order chi connectivity index (χ1) is 17.4. The molecule has 1 aliphatic rings. The van der Waals surface area contributed by atoms with Crippen molar-refractivity contribution in [3.05, 3.63) is 108 Å². The van der Waals surface area contributed by atoms with Crippen LogP contribution < -0.4 is 20.3 Å². The molecule has 7 heteroatoms. The molecule has 0 radical (unpaired) electrons. The summed E-state index contributed by atoms with van der Waals surface area (Å²) in [6.45, 7) is 2.04. The summed E-state index contributed by atoms with van der Waals surface area (Å²) in [5, 5.41) is 0.900. The van der Waals surface area contributed by atoms with Gasteiger partial charge in [-0.15, -0.1) is 0 Å². The summed E-state index contributed by atoms with van der Waals surface area (Å²) < 4.78 is 3.95. The molecular weight excluding hydrogens is 483 g/mol. The first-order valence-corrected chi connectivity index (χ1v) is 14.5. The van der Waals surface area contributed by atoms with E-state index in [0.717, 1.165) is 44.6 Å². The fraction of sp³-hybridized carbons (Fsp3) is 0.103. The topological polar surface area (TPSA) is 40.9 Å². The second-order valence-electron chi connectivity index (χ2n) is 9.20. The Kier molecular flexibility index (Phi) is 5.32. The summed E-state index contributed by atoms with van der Waals surface area (Å²) in [5.74, 6) is -0.0641. The van der Waals surface area contributed by atoms with Crippen molar-refractivity contribution in [2.45, 2.75) is 6.92 Å². The van der Waals surface area contributed by atoms with E-state index in [0.29, 0.717) is 5.56 Å². The van der Waals surface area contributed by atoms with E-state index in [2.05, 4.69) is 28.7 Å². The third-order valence-electron chi connectivity index (χ3n) is 6.65. The van der Waals surface area contributed by atoms with Crippen molar-refractivity contribution < 1.29 is 4.79 Å². The van der Waals surface area contributed by atoms with Crippen LogP contribution in [0.1, 0.15) is 15.9 Å². The van der Waals surface area contributed by atoms with Gasteiger partial charge in [0.25, 0.3) is 5.91 Å². The average Bonchev–Trinajstić information content (AvgIpc) is 3.39. The maximum atomic E-state index is 14.2. The Balaban J connectivity index is 1.72. The quantitative estimate of drug-likeness (QED) is 0.306. The normalized spacial score (nSPS) is 17.0. The van der Waals surface area contributed by atoms with E-state index >= 15 is 0 Å². The smallest absolute Gasteiger partial charge is 0.263 e. The molecule has 0 saturated heterocycles. The van der Waals surface area contributed by atoms with E-state index in [1.165, 1.54) is 0 Å². The van der Waals surface area contributed by atoms with Crippen molar-refractivity contribution in [3.8, 4) is 11.3 Å². The molecule has 178 valence electrons. The first-order valence-electron chi connectivity index (χ1n) is 11.8. The maximum Gasteiger partial charge on any atom is 0.263 e. The third kappa shape index (κ3) is 3.33. The molecule has 1 amide bonds. The van der Waals surface area contributed by atoms with Crippen molar-refractivity contribution in [2.24, 2.45) is 0 Å². The van der Waals surface area contributed by atoms with Crippen LogP contribution in [0, 0.1) is 6.92 Å². The fourth-order valence-corrected chi connectivity index (χ4v) is 9.48. The van der Waals surface area contributed by atoms with Crippen LogP contribution in [0.4, 0.5) is 11.4 Å². The number of benzene rings is 3. The number of anilines is 2. The molecule has 0 bridgehead atoms. The van der Waals surface area contributed by atoms with E-state index in [1.54, 1.807) is 0 Å². The summed E-state index contributed by atoms with van der Waals surface area (Å²) >= 11 is 6.72. The van der Waals surface area contributed by atoms with Gasteiger partial charge >= 0.3 is 0 Å². The van der Waals surface area contributed by atoms with Crippen LogP contribution in [-0.2, 0) is 11.8 Å². The molecule has 3 heterocycles. The van der Waals surface area contributed by atoms with Gasteiger partial charge in [0.15, 0.2) is 0 Å². The van der Waals surface area contributed by atoms with Crippen LogP contribution in [-0.4, -0.2) is 29.4 Å². The van der Waals surface area contributed by atoms with E-state index in [9.17, 15) is 4.79 Å². The monoisotopic (exact) mass is 508 g/mol. The lowest BCUT2D eigenvalue weighted by molar-refractivity contribution is 0.101. The predicted octanol–water partition coefficient (Wildman–Crippen LogP) is 5.38. The van der Waals surface area contributed by atoms with Gasteiger partial charge in [-0.2, -0.15) is 0 Å². The average molecular weight is 509 g/mol. The Hall–Kier alpha value is -3.73. The highest BCUT2D eigenvalue weighted by atomic mass is 32.4. The van der Waals surface area contributed by atoms with Crippen LogP contribution >= 0.6 is 6.19 Å². The number of nitrogens with zero attached hydrogens (tertiary/aromatic N) is 4. The molecule has 2 aromatic heterocycles. The second kappa shape index (κ2) is 8.44. The van der Waals surface area contributed by atoms with Crippen LogP contribution in [0.5, 0.6) is 0 Å². The number of pyridine rings is 1. The number of aromatic nitrogens is 2. The van der Waals surface area contributed by atoms with Gasteiger partial charge in [-0.05, 0) is 49.4 Å². The number of hydrogen-bond acceptors (Lipinski definition) is 4. The number of amides is 1. The molecule has 0 fully saturated rings. The molecule has 6 rings (SSSR count). The van der Waals surface area contributed by atoms with Gasteiger partial charge in [0.1, 0.15) is 23.0 Å². The van der Waals surface area contributed by atoms with E-state index in [4.69, 9.17) is 16.8 Å².